The second-order valence-electron chi connectivity index (χ2n) is 5.37. The van der Waals surface area contributed by atoms with Gasteiger partial charge >= 0.3 is 0 Å². The quantitative estimate of drug-likeness (QED) is 0.927. The van der Waals surface area contributed by atoms with Gasteiger partial charge in [0.05, 0.1) is 17.2 Å². The summed E-state index contributed by atoms with van der Waals surface area (Å²) in [5, 5.41) is 10.2. The molecule has 0 atom stereocenters. The fourth-order valence-electron chi connectivity index (χ4n) is 2.27. The Morgan fingerprint density at radius 1 is 1.44 bits per heavy atom. The van der Waals surface area contributed by atoms with Crippen LogP contribution >= 0.6 is 15.9 Å². The number of rotatable bonds is 4. The molecule has 1 saturated heterocycles. The maximum Gasteiger partial charge on any atom is 0.133 e. The first kappa shape index (κ1) is 13.8. The molecule has 3 nitrogen and oxygen atoms in total. The van der Waals surface area contributed by atoms with Crippen molar-refractivity contribution in [2.75, 3.05) is 20.2 Å². The Labute approximate surface area is 117 Å². The van der Waals surface area contributed by atoms with Crippen molar-refractivity contribution in [3.8, 4) is 5.75 Å². The van der Waals surface area contributed by atoms with E-state index < -0.39 is 5.60 Å². The van der Waals surface area contributed by atoms with Crippen LogP contribution in [0.3, 0.4) is 0 Å². The zero-order valence-corrected chi connectivity index (χ0v) is 12.7. The third-order valence-corrected chi connectivity index (χ3v) is 4.31. The Hall–Kier alpha value is -0.580. The lowest BCUT2D eigenvalue weighted by Crippen LogP contribution is -2.63. The molecule has 0 aromatic heterocycles. The minimum absolute atomic E-state index is 0.316. The third-order valence-electron chi connectivity index (χ3n) is 3.69. The Morgan fingerprint density at radius 3 is 2.61 bits per heavy atom. The predicted octanol–water partition coefficient (Wildman–Crippen LogP) is 2.66. The topological polar surface area (TPSA) is 32.7 Å². The lowest BCUT2D eigenvalue weighted by Gasteiger charge is -2.49. The molecule has 1 N–H and O–H groups in total. The van der Waals surface area contributed by atoms with Gasteiger partial charge in [-0.05, 0) is 39.5 Å². The number of benzene rings is 1. The van der Waals surface area contributed by atoms with Gasteiger partial charge in [0.2, 0.25) is 0 Å². The van der Waals surface area contributed by atoms with Gasteiger partial charge in [0.15, 0.2) is 0 Å². The number of hydrogen-bond acceptors (Lipinski definition) is 3. The summed E-state index contributed by atoms with van der Waals surface area (Å²) in [6.07, 6.45) is 0. The number of ether oxygens (including phenoxy) is 1. The van der Waals surface area contributed by atoms with Crippen LogP contribution in [-0.2, 0) is 6.54 Å². The molecule has 0 unspecified atom stereocenters. The molecule has 0 aliphatic carbocycles. The van der Waals surface area contributed by atoms with E-state index in [1.54, 1.807) is 7.11 Å². The zero-order valence-electron chi connectivity index (χ0n) is 11.1. The summed E-state index contributed by atoms with van der Waals surface area (Å²) in [4.78, 5) is 2.26. The SMILES string of the molecule is COc1ccc(CN2CC(O)(C(C)C)C2)cc1Br. The predicted molar refractivity (Wildman–Crippen MR) is 75.8 cm³/mol. The van der Waals surface area contributed by atoms with Gasteiger partial charge in [-0.25, -0.2) is 0 Å². The molecule has 1 heterocycles. The molecule has 0 bridgehead atoms. The summed E-state index contributed by atoms with van der Waals surface area (Å²) in [6, 6.07) is 6.11. The summed E-state index contributed by atoms with van der Waals surface area (Å²) in [5.41, 5.74) is 0.734. The minimum atomic E-state index is -0.496. The molecule has 0 spiro atoms. The Balaban J connectivity index is 1.94. The van der Waals surface area contributed by atoms with Gasteiger partial charge in [-0.1, -0.05) is 19.9 Å². The highest BCUT2D eigenvalue weighted by Gasteiger charge is 2.43. The van der Waals surface area contributed by atoms with Crippen LogP contribution in [0.4, 0.5) is 0 Å². The second kappa shape index (κ2) is 5.19. The van der Waals surface area contributed by atoms with Gasteiger partial charge < -0.3 is 9.84 Å². The van der Waals surface area contributed by atoms with Crippen molar-refractivity contribution < 1.29 is 9.84 Å². The van der Waals surface area contributed by atoms with Crippen molar-refractivity contribution in [3.05, 3.63) is 28.2 Å². The number of hydrogen-bond donors (Lipinski definition) is 1. The van der Waals surface area contributed by atoms with Crippen molar-refractivity contribution in [1.29, 1.82) is 0 Å². The summed E-state index contributed by atoms with van der Waals surface area (Å²) >= 11 is 3.49. The number of likely N-dealkylation sites (tertiary alicyclic amines) is 1. The van der Waals surface area contributed by atoms with Gasteiger partial charge in [0.25, 0.3) is 0 Å². The fraction of sp³-hybridized carbons (Fsp3) is 0.571. The smallest absolute Gasteiger partial charge is 0.133 e. The largest absolute Gasteiger partial charge is 0.496 e. The number of β-amino-alcohol motifs (C(OH)–C–C–N with tert-alkyl or cyclic N) is 1. The highest BCUT2D eigenvalue weighted by molar-refractivity contribution is 9.10. The first-order valence-electron chi connectivity index (χ1n) is 6.22. The van der Waals surface area contributed by atoms with E-state index in [1.807, 2.05) is 6.07 Å². The lowest BCUT2D eigenvalue weighted by atomic mass is 9.83. The van der Waals surface area contributed by atoms with Crippen molar-refractivity contribution >= 4 is 15.9 Å². The average molecular weight is 314 g/mol. The fourth-order valence-corrected chi connectivity index (χ4v) is 2.86. The van der Waals surface area contributed by atoms with E-state index in [2.05, 4.69) is 46.8 Å². The molecule has 1 aromatic rings. The molecule has 1 aliphatic heterocycles. The van der Waals surface area contributed by atoms with E-state index in [-0.39, 0.29) is 0 Å². The van der Waals surface area contributed by atoms with Gasteiger partial charge in [0, 0.05) is 19.6 Å². The zero-order chi connectivity index (χ0) is 13.3. The van der Waals surface area contributed by atoms with E-state index in [1.165, 1.54) is 5.56 Å². The molecule has 0 amide bonds. The van der Waals surface area contributed by atoms with Crippen LogP contribution in [0, 0.1) is 5.92 Å². The summed E-state index contributed by atoms with van der Waals surface area (Å²) in [5.74, 6) is 1.16. The van der Waals surface area contributed by atoms with Crippen LogP contribution in [0.5, 0.6) is 5.75 Å². The van der Waals surface area contributed by atoms with Crippen molar-refractivity contribution in [2.45, 2.75) is 26.0 Å². The van der Waals surface area contributed by atoms with Crippen LogP contribution in [0.2, 0.25) is 0 Å². The molecule has 1 aliphatic rings. The standard InChI is InChI=1S/C14H20BrNO2/c1-10(2)14(17)8-16(9-14)7-11-4-5-13(18-3)12(15)6-11/h4-6,10,17H,7-9H2,1-3H3. The summed E-state index contributed by atoms with van der Waals surface area (Å²) < 4.78 is 6.18. The molecule has 100 valence electrons. The maximum absolute atomic E-state index is 10.2. The van der Waals surface area contributed by atoms with E-state index in [0.717, 1.165) is 29.9 Å². The molecule has 18 heavy (non-hydrogen) atoms. The van der Waals surface area contributed by atoms with Gasteiger partial charge in [-0.3, -0.25) is 4.90 Å². The minimum Gasteiger partial charge on any atom is -0.496 e. The number of nitrogens with zero attached hydrogens (tertiary/aromatic N) is 1. The van der Waals surface area contributed by atoms with Crippen molar-refractivity contribution in [2.24, 2.45) is 5.92 Å². The normalized spacial score (nSPS) is 18.8. The van der Waals surface area contributed by atoms with Crippen LogP contribution in [0.1, 0.15) is 19.4 Å². The Morgan fingerprint density at radius 2 is 2.11 bits per heavy atom. The van der Waals surface area contributed by atoms with Crippen LogP contribution in [0.15, 0.2) is 22.7 Å². The van der Waals surface area contributed by atoms with Crippen LogP contribution in [0.25, 0.3) is 0 Å². The van der Waals surface area contributed by atoms with Crippen molar-refractivity contribution in [3.63, 3.8) is 0 Å². The van der Waals surface area contributed by atoms with Crippen molar-refractivity contribution in [1.82, 2.24) is 4.90 Å². The van der Waals surface area contributed by atoms with Gasteiger partial charge in [-0.15, -0.1) is 0 Å². The molecule has 1 aromatic carbocycles. The van der Waals surface area contributed by atoms with E-state index in [0.29, 0.717) is 5.92 Å². The summed E-state index contributed by atoms with van der Waals surface area (Å²) in [6.45, 7) is 6.53. The second-order valence-corrected chi connectivity index (χ2v) is 6.23. The third kappa shape index (κ3) is 2.71. The Bertz CT molecular complexity index is 428. The van der Waals surface area contributed by atoms with E-state index >= 15 is 0 Å². The molecular weight excluding hydrogens is 294 g/mol. The maximum atomic E-state index is 10.2. The van der Waals surface area contributed by atoms with Crippen LogP contribution < -0.4 is 4.74 Å². The molecule has 4 heteroatoms. The highest BCUT2D eigenvalue weighted by atomic mass is 79.9. The number of aliphatic hydroxyl groups is 1. The molecule has 0 saturated carbocycles. The molecule has 1 fully saturated rings. The van der Waals surface area contributed by atoms with Gasteiger partial charge in [0.1, 0.15) is 5.75 Å². The number of methoxy groups -OCH3 is 1. The van der Waals surface area contributed by atoms with Gasteiger partial charge in [-0.2, -0.15) is 0 Å². The first-order valence-corrected chi connectivity index (χ1v) is 7.01. The monoisotopic (exact) mass is 313 g/mol. The first-order chi connectivity index (χ1) is 8.44. The van der Waals surface area contributed by atoms with E-state index in [4.69, 9.17) is 4.74 Å². The van der Waals surface area contributed by atoms with Crippen LogP contribution in [-0.4, -0.2) is 35.8 Å². The molecule has 0 radical (unpaired) electrons. The summed E-state index contributed by atoms with van der Waals surface area (Å²) in [7, 11) is 1.66. The molecule has 2 rings (SSSR count). The van der Waals surface area contributed by atoms with E-state index in [9.17, 15) is 5.11 Å². The lowest BCUT2D eigenvalue weighted by molar-refractivity contribution is -0.130. The Kier molecular flexibility index (Phi) is 3.99. The average Bonchev–Trinajstić information content (AvgIpc) is 2.26. The highest BCUT2D eigenvalue weighted by Crippen LogP contribution is 2.31. The number of halogens is 1. The molecular formula is C14H20BrNO2.